The van der Waals surface area contributed by atoms with Crippen molar-refractivity contribution in [2.45, 2.75) is 61.5 Å². The molecule has 1 saturated carbocycles. The van der Waals surface area contributed by atoms with Gasteiger partial charge in [0.1, 0.15) is 0 Å². The first-order chi connectivity index (χ1) is 9.36. The van der Waals surface area contributed by atoms with Gasteiger partial charge >= 0.3 is 5.51 Å². The van der Waals surface area contributed by atoms with Crippen molar-refractivity contribution in [3.63, 3.8) is 0 Å². The van der Waals surface area contributed by atoms with Crippen LogP contribution in [0.5, 0.6) is 0 Å². The Bertz CT molecular complexity index is 422. The molecule has 1 aromatic rings. The lowest BCUT2D eigenvalue weighted by Gasteiger charge is -2.34. The van der Waals surface area contributed by atoms with E-state index in [4.69, 9.17) is 0 Å². The van der Waals surface area contributed by atoms with Gasteiger partial charge in [-0.2, -0.15) is 13.2 Å². The SMILES string of the molecule is CC1(NCc2ccc(SC(F)(F)F)cc2)CCCCC1. The average Bonchev–Trinajstić information content (AvgIpc) is 2.37. The highest BCUT2D eigenvalue weighted by Gasteiger charge is 2.29. The van der Waals surface area contributed by atoms with Gasteiger partial charge in [-0.15, -0.1) is 0 Å². The van der Waals surface area contributed by atoms with Crippen LogP contribution in [0.4, 0.5) is 13.2 Å². The highest BCUT2D eigenvalue weighted by Crippen LogP contribution is 2.36. The minimum atomic E-state index is -4.21. The van der Waals surface area contributed by atoms with E-state index in [1.807, 2.05) is 0 Å². The number of hydrogen-bond acceptors (Lipinski definition) is 2. The van der Waals surface area contributed by atoms with Gasteiger partial charge in [-0.3, -0.25) is 0 Å². The first-order valence-corrected chi connectivity index (χ1v) is 7.78. The van der Waals surface area contributed by atoms with Crippen molar-refractivity contribution >= 4 is 11.8 Å². The van der Waals surface area contributed by atoms with E-state index < -0.39 is 5.51 Å². The van der Waals surface area contributed by atoms with Crippen molar-refractivity contribution in [1.29, 1.82) is 0 Å². The van der Waals surface area contributed by atoms with Crippen molar-refractivity contribution in [3.05, 3.63) is 29.8 Å². The van der Waals surface area contributed by atoms with Gasteiger partial charge in [-0.25, -0.2) is 0 Å². The summed E-state index contributed by atoms with van der Waals surface area (Å²) >= 11 is -0.0656. The molecule has 2 rings (SSSR count). The normalized spacial score (nSPS) is 19.0. The van der Waals surface area contributed by atoms with E-state index >= 15 is 0 Å². The standard InChI is InChI=1S/C15H20F3NS/c1-14(9-3-2-4-10-14)19-11-12-5-7-13(8-6-12)20-15(16,17)18/h5-8,19H,2-4,9-11H2,1H3. The van der Waals surface area contributed by atoms with Crippen LogP contribution in [0.2, 0.25) is 0 Å². The Balaban J connectivity index is 1.87. The minimum Gasteiger partial charge on any atom is -0.307 e. The van der Waals surface area contributed by atoms with Crippen LogP contribution in [0.1, 0.15) is 44.6 Å². The summed E-state index contributed by atoms with van der Waals surface area (Å²) in [6.45, 7) is 2.95. The number of nitrogens with one attached hydrogen (secondary N) is 1. The lowest BCUT2D eigenvalue weighted by molar-refractivity contribution is -0.0328. The maximum Gasteiger partial charge on any atom is 0.446 e. The molecule has 0 bridgehead atoms. The molecular weight excluding hydrogens is 283 g/mol. The molecule has 1 aromatic carbocycles. The Kier molecular flexibility index (Phi) is 5.02. The maximum absolute atomic E-state index is 12.2. The van der Waals surface area contributed by atoms with E-state index in [0.29, 0.717) is 6.54 Å². The summed E-state index contributed by atoms with van der Waals surface area (Å²) in [5, 5.41) is 3.55. The van der Waals surface area contributed by atoms with Crippen LogP contribution < -0.4 is 5.32 Å². The summed E-state index contributed by atoms with van der Waals surface area (Å²) in [7, 11) is 0. The third kappa shape index (κ3) is 5.02. The monoisotopic (exact) mass is 303 g/mol. The molecule has 1 aliphatic rings. The number of thioether (sulfide) groups is 1. The second-order valence-electron chi connectivity index (χ2n) is 5.67. The molecule has 0 radical (unpaired) electrons. The van der Waals surface area contributed by atoms with Gasteiger partial charge in [0.05, 0.1) is 0 Å². The van der Waals surface area contributed by atoms with Crippen LogP contribution in [-0.2, 0) is 6.54 Å². The molecule has 0 atom stereocenters. The molecule has 0 amide bonds. The third-order valence-electron chi connectivity index (χ3n) is 3.83. The zero-order chi connectivity index (χ0) is 14.6. The minimum absolute atomic E-state index is 0.0656. The van der Waals surface area contributed by atoms with Crippen LogP contribution in [0.15, 0.2) is 29.2 Å². The summed E-state index contributed by atoms with van der Waals surface area (Å²) in [4.78, 5) is 0.241. The maximum atomic E-state index is 12.2. The topological polar surface area (TPSA) is 12.0 Å². The molecule has 0 heterocycles. The van der Waals surface area contributed by atoms with Crippen LogP contribution >= 0.6 is 11.8 Å². The zero-order valence-corrected chi connectivity index (χ0v) is 12.4. The summed E-state index contributed by atoms with van der Waals surface area (Å²) in [6.07, 6.45) is 6.17. The van der Waals surface area contributed by atoms with Gasteiger partial charge in [0.2, 0.25) is 0 Å². The zero-order valence-electron chi connectivity index (χ0n) is 11.6. The van der Waals surface area contributed by atoms with Crippen LogP contribution in [0.25, 0.3) is 0 Å². The van der Waals surface area contributed by atoms with Crippen LogP contribution in [-0.4, -0.2) is 11.0 Å². The van der Waals surface area contributed by atoms with E-state index in [0.717, 1.165) is 5.56 Å². The van der Waals surface area contributed by atoms with Gasteiger partial charge in [-0.1, -0.05) is 31.4 Å². The van der Waals surface area contributed by atoms with Gasteiger partial charge in [0.15, 0.2) is 0 Å². The Hall–Kier alpha value is -0.680. The molecule has 0 spiro atoms. The largest absolute Gasteiger partial charge is 0.446 e. The summed E-state index contributed by atoms with van der Waals surface area (Å²) in [5.41, 5.74) is -3.00. The lowest BCUT2D eigenvalue weighted by atomic mass is 9.83. The number of alkyl halides is 3. The molecule has 0 aliphatic heterocycles. The van der Waals surface area contributed by atoms with Crippen molar-refractivity contribution in [2.24, 2.45) is 0 Å². The molecule has 1 N–H and O–H groups in total. The predicted molar refractivity (Wildman–Crippen MR) is 76.7 cm³/mol. The molecule has 1 aliphatic carbocycles. The number of rotatable bonds is 4. The average molecular weight is 303 g/mol. The smallest absolute Gasteiger partial charge is 0.307 e. The fourth-order valence-electron chi connectivity index (χ4n) is 2.63. The van der Waals surface area contributed by atoms with Crippen molar-refractivity contribution in [3.8, 4) is 0 Å². The summed E-state index contributed by atoms with van der Waals surface area (Å²) < 4.78 is 36.7. The molecule has 20 heavy (non-hydrogen) atoms. The summed E-state index contributed by atoms with van der Waals surface area (Å²) in [6, 6.07) is 6.62. The lowest BCUT2D eigenvalue weighted by Crippen LogP contribution is -2.43. The van der Waals surface area contributed by atoms with Gasteiger partial charge in [0, 0.05) is 17.0 Å². The van der Waals surface area contributed by atoms with Crippen molar-refractivity contribution in [2.75, 3.05) is 0 Å². The van der Waals surface area contributed by atoms with E-state index in [-0.39, 0.29) is 22.2 Å². The molecule has 0 unspecified atom stereocenters. The second kappa shape index (κ2) is 6.39. The highest BCUT2D eigenvalue weighted by atomic mass is 32.2. The van der Waals surface area contributed by atoms with Gasteiger partial charge in [-0.05, 0) is 49.2 Å². The van der Waals surface area contributed by atoms with E-state index in [2.05, 4.69) is 12.2 Å². The first kappa shape index (κ1) is 15.7. The Labute approximate surface area is 122 Å². The molecule has 112 valence electrons. The van der Waals surface area contributed by atoms with Crippen LogP contribution in [0.3, 0.4) is 0 Å². The molecular formula is C15H20F3NS. The molecule has 1 fully saturated rings. The Morgan fingerprint density at radius 3 is 2.25 bits per heavy atom. The van der Waals surface area contributed by atoms with Crippen molar-refractivity contribution in [1.82, 2.24) is 5.32 Å². The fraction of sp³-hybridized carbons (Fsp3) is 0.600. The molecule has 0 aromatic heterocycles. The Morgan fingerprint density at radius 1 is 1.10 bits per heavy atom. The fourth-order valence-corrected chi connectivity index (χ4v) is 3.17. The van der Waals surface area contributed by atoms with Gasteiger partial charge in [0.25, 0.3) is 0 Å². The number of hydrogen-bond donors (Lipinski definition) is 1. The third-order valence-corrected chi connectivity index (χ3v) is 4.57. The van der Waals surface area contributed by atoms with E-state index in [1.54, 1.807) is 24.3 Å². The highest BCUT2D eigenvalue weighted by molar-refractivity contribution is 8.00. The predicted octanol–water partition coefficient (Wildman–Crippen LogP) is 5.11. The second-order valence-corrected chi connectivity index (χ2v) is 6.81. The van der Waals surface area contributed by atoms with Gasteiger partial charge < -0.3 is 5.32 Å². The first-order valence-electron chi connectivity index (χ1n) is 6.96. The number of benzene rings is 1. The molecule has 0 saturated heterocycles. The van der Waals surface area contributed by atoms with E-state index in [1.165, 1.54) is 32.1 Å². The van der Waals surface area contributed by atoms with E-state index in [9.17, 15) is 13.2 Å². The summed E-state index contributed by atoms with van der Waals surface area (Å²) in [5.74, 6) is 0. The quantitative estimate of drug-likeness (QED) is 0.776. The Morgan fingerprint density at radius 2 is 1.70 bits per heavy atom. The number of halogens is 3. The molecule has 1 nitrogen and oxygen atoms in total. The van der Waals surface area contributed by atoms with Crippen LogP contribution in [0, 0.1) is 0 Å². The molecule has 5 heteroatoms. The van der Waals surface area contributed by atoms with Crippen molar-refractivity contribution < 1.29 is 13.2 Å².